The number of rotatable bonds is 4. The molecule has 0 aromatic carbocycles. The molecule has 24 heavy (non-hydrogen) atoms. The summed E-state index contributed by atoms with van der Waals surface area (Å²) in [6, 6.07) is 4.34. The average Bonchev–Trinajstić information content (AvgIpc) is 3.21. The highest BCUT2D eigenvalue weighted by Crippen LogP contribution is 2.24. The topological polar surface area (TPSA) is 51.1 Å². The predicted octanol–water partition coefficient (Wildman–Crippen LogP) is 2.22. The molecule has 5 nitrogen and oxygen atoms in total. The van der Waals surface area contributed by atoms with Crippen LogP contribution in [-0.4, -0.2) is 66.7 Å². The van der Waals surface area contributed by atoms with Gasteiger partial charge in [0, 0.05) is 57.1 Å². The lowest BCUT2D eigenvalue weighted by molar-refractivity contribution is 0.132. The van der Waals surface area contributed by atoms with E-state index in [1.807, 2.05) is 18.4 Å². The molecule has 136 valence electrons. The van der Waals surface area contributed by atoms with Crippen LogP contribution in [0.15, 0.2) is 22.5 Å². The average molecular weight is 464 g/mol. The molecule has 2 atom stereocenters. The highest BCUT2D eigenvalue weighted by molar-refractivity contribution is 14.0. The van der Waals surface area contributed by atoms with Gasteiger partial charge in [-0.25, -0.2) is 0 Å². The third-order valence-corrected chi connectivity index (χ3v) is 5.85. The van der Waals surface area contributed by atoms with E-state index in [9.17, 15) is 5.11 Å². The molecule has 1 saturated heterocycles. The first-order valence-electron chi connectivity index (χ1n) is 8.64. The van der Waals surface area contributed by atoms with E-state index in [1.165, 1.54) is 4.88 Å². The molecule has 2 unspecified atom stereocenters. The Morgan fingerprint density at radius 2 is 2.12 bits per heavy atom. The van der Waals surface area contributed by atoms with Crippen LogP contribution < -0.4 is 5.32 Å². The number of thiophene rings is 1. The summed E-state index contributed by atoms with van der Waals surface area (Å²) in [7, 11) is 1.85. The number of aliphatic hydroxyl groups excluding tert-OH is 1. The number of halogens is 1. The normalized spacial score (nSPS) is 25.6. The van der Waals surface area contributed by atoms with Gasteiger partial charge in [-0.2, -0.15) is 0 Å². The van der Waals surface area contributed by atoms with E-state index in [4.69, 9.17) is 0 Å². The van der Waals surface area contributed by atoms with Crippen molar-refractivity contribution in [3.8, 4) is 0 Å². The number of guanidine groups is 1. The fourth-order valence-electron chi connectivity index (χ4n) is 3.55. The molecule has 1 aliphatic carbocycles. The molecular weight excluding hydrogens is 435 g/mol. The van der Waals surface area contributed by atoms with E-state index in [2.05, 4.69) is 37.6 Å². The SMILES string of the molecule is CN=C(NCC1CCCC1O)N1CCN(Cc2cccs2)CC1.I. The Morgan fingerprint density at radius 1 is 1.33 bits per heavy atom. The van der Waals surface area contributed by atoms with Crippen LogP contribution in [0.4, 0.5) is 0 Å². The van der Waals surface area contributed by atoms with E-state index in [-0.39, 0.29) is 30.1 Å². The maximum absolute atomic E-state index is 9.94. The Labute approximate surface area is 166 Å². The molecule has 0 radical (unpaired) electrons. The molecule has 2 heterocycles. The van der Waals surface area contributed by atoms with Gasteiger partial charge in [0.05, 0.1) is 6.10 Å². The highest BCUT2D eigenvalue weighted by atomic mass is 127. The van der Waals surface area contributed by atoms with Crippen LogP contribution >= 0.6 is 35.3 Å². The summed E-state index contributed by atoms with van der Waals surface area (Å²) in [6.45, 7) is 6.07. The predicted molar refractivity (Wildman–Crippen MR) is 111 cm³/mol. The molecule has 3 rings (SSSR count). The van der Waals surface area contributed by atoms with Crippen molar-refractivity contribution < 1.29 is 5.11 Å². The number of piperazine rings is 1. The van der Waals surface area contributed by atoms with Crippen LogP contribution in [0.25, 0.3) is 0 Å². The van der Waals surface area contributed by atoms with E-state index in [1.54, 1.807) is 0 Å². The fraction of sp³-hybridized carbons (Fsp3) is 0.706. The standard InChI is InChI=1S/C17H28N4OS.HI/c1-18-17(19-12-14-4-2-6-16(14)22)21-9-7-20(8-10-21)13-15-5-3-11-23-15;/h3,5,11,14,16,22H,2,4,6-10,12-13H2,1H3,(H,18,19);1H. The molecule has 1 aliphatic heterocycles. The lowest BCUT2D eigenvalue weighted by Crippen LogP contribution is -2.52. The molecule has 1 aromatic rings. The van der Waals surface area contributed by atoms with Crippen molar-refractivity contribution >= 4 is 41.3 Å². The molecule has 7 heteroatoms. The fourth-order valence-corrected chi connectivity index (χ4v) is 4.30. The zero-order valence-corrected chi connectivity index (χ0v) is 17.5. The third-order valence-electron chi connectivity index (χ3n) is 4.98. The summed E-state index contributed by atoms with van der Waals surface area (Å²) in [4.78, 5) is 10.7. The minimum Gasteiger partial charge on any atom is -0.393 e. The molecule has 0 spiro atoms. The first kappa shape index (κ1) is 19.9. The second-order valence-corrected chi connectivity index (χ2v) is 7.56. The van der Waals surface area contributed by atoms with Crippen molar-refractivity contribution in [2.24, 2.45) is 10.9 Å². The Bertz CT molecular complexity index is 503. The lowest BCUT2D eigenvalue weighted by atomic mass is 10.1. The molecule has 0 amide bonds. The van der Waals surface area contributed by atoms with Gasteiger partial charge in [0.15, 0.2) is 5.96 Å². The van der Waals surface area contributed by atoms with E-state index in [0.29, 0.717) is 5.92 Å². The number of hydrogen-bond acceptors (Lipinski definition) is 4. The minimum absolute atomic E-state index is 0. The van der Waals surface area contributed by atoms with Gasteiger partial charge in [-0.15, -0.1) is 35.3 Å². The summed E-state index contributed by atoms with van der Waals surface area (Å²) >= 11 is 1.84. The largest absolute Gasteiger partial charge is 0.393 e. The first-order chi connectivity index (χ1) is 11.3. The molecule has 1 aromatic heterocycles. The zero-order valence-electron chi connectivity index (χ0n) is 14.4. The Kier molecular flexibility index (Phi) is 8.25. The molecule has 2 fully saturated rings. The Hall–Kier alpha value is -0.380. The van der Waals surface area contributed by atoms with Crippen molar-refractivity contribution in [1.29, 1.82) is 0 Å². The lowest BCUT2D eigenvalue weighted by Gasteiger charge is -2.36. The van der Waals surface area contributed by atoms with Crippen molar-refractivity contribution in [3.05, 3.63) is 22.4 Å². The van der Waals surface area contributed by atoms with Gasteiger partial charge in [0.25, 0.3) is 0 Å². The van der Waals surface area contributed by atoms with Crippen molar-refractivity contribution in [2.75, 3.05) is 39.8 Å². The first-order valence-corrected chi connectivity index (χ1v) is 9.52. The summed E-state index contributed by atoms with van der Waals surface area (Å²) in [5, 5.41) is 15.6. The molecular formula is C17H29IN4OS. The second-order valence-electron chi connectivity index (χ2n) is 6.53. The molecule has 0 bridgehead atoms. The van der Waals surface area contributed by atoms with Crippen molar-refractivity contribution in [3.63, 3.8) is 0 Å². The van der Waals surface area contributed by atoms with Crippen LogP contribution in [-0.2, 0) is 6.54 Å². The van der Waals surface area contributed by atoms with Gasteiger partial charge >= 0.3 is 0 Å². The number of hydrogen-bond donors (Lipinski definition) is 2. The highest BCUT2D eigenvalue weighted by Gasteiger charge is 2.26. The Morgan fingerprint density at radius 3 is 2.71 bits per heavy atom. The van der Waals surface area contributed by atoms with Crippen molar-refractivity contribution in [1.82, 2.24) is 15.1 Å². The van der Waals surface area contributed by atoms with Crippen LogP contribution in [0.2, 0.25) is 0 Å². The number of aliphatic imine (C=N–C) groups is 1. The van der Waals surface area contributed by atoms with Gasteiger partial charge in [-0.1, -0.05) is 12.5 Å². The van der Waals surface area contributed by atoms with Crippen LogP contribution in [0.1, 0.15) is 24.1 Å². The number of aliphatic hydroxyl groups is 1. The van der Waals surface area contributed by atoms with Gasteiger partial charge in [0.2, 0.25) is 0 Å². The number of nitrogens with one attached hydrogen (secondary N) is 1. The van der Waals surface area contributed by atoms with E-state index < -0.39 is 0 Å². The summed E-state index contributed by atoms with van der Waals surface area (Å²) in [5.74, 6) is 1.37. The second kappa shape index (κ2) is 9.94. The van der Waals surface area contributed by atoms with Crippen LogP contribution in [0.3, 0.4) is 0 Å². The quantitative estimate of drug-likeness (QED) is 0.408. The summed E-state index contributed by atoms with van der Waals surface area (Å²) in [6.07, 6.45) is 3.09. The maximum atomic E-state index is 9.94. The minimum atomic E-state index is -0.136. The van der Waals surface area contributed by atoms with Gasteiger partial charge in [-0.05, 0) is 24.3 Å². The monoisotopic (exact) mass is 464 g/mol. The smallest absolute Gasteiger partial charge is 0.193 e. The Balaban J connectivity index is 0.00000208. The molecule has 2 aliphatic rings. The van der Waals surface area contributed by atoms with E-state index in [0.717, 1.165) is 64.5 Å². The van der Waals surface area contributed by atoms with Crippen molar-refractivity contribution in [2.45, 2.75) is 31.9 Å². The summed E-state index contributed by atoms with van der Waals surface area (Å²) in [5.41, 5.74) is 0. The van der Waals surface area contributed by atoms with Crippen LogP contribution in [0.5, 0.6) is 0 Å². The van der Waals surface area contributed by atoms with Crippen LogP contribution in [0, 0.1) is 5.92 Å². The van der Waals surface area contributed by atoms with Gasteiger partial charge in [0.1, 0.15) is 0 Å². The third kappa shape index (κ3) is 5.31. The molecule has 2 N–H and O–H groups in total. The number of nitrogens with zero attached hydrogens (tertiary/aromatic N) is 3. The zero-order chi connectivity index (χ0) is 16.1. The van der Waals surface area contributed by atoms with Gasteiger partial charge in [-0.3, -0.25) is 9.89 Å². The van der Waals surface area contributed by atoms with Gasteiger partial charge < -0.3 is 15.3 Å². The van der Waals surface area contributed by atoms with E-state index >= 15 is 0 Å². The molecule has 1 saturated carbocycles. The maximum Gasteiger partial charge on any atom is 0.193 e. The summed E-state index contributed by atoms with van der Waals surface area (Å²) < 4.78 is 0.